The number of ether oxygens (including phenoxy) is 1. The fourth-order valence-corrected chi connectivity index (χ4v) is 2.91. The lowest BCUT2D eigenvalue weighted by atomic mass is 9.64. The van der Waals surface area contributed by atoms with E-state index in [4.69, 9.17) is 4.74 Å². The number of hydrogen-bond acceptors (Lipinski definition) is 2. The van der Waals surface area contributed by atoms with E-state index in [0.717, 1.165) is 32.4 Å². The first-order chi connectivity index (χ1) is 9.14. The molecule has 1 aliphatic rings. The zero-order valence-electron chi connectivity index (χ0n) is 12.5. The smallest absolute Gasteiger partial charge is 0.0655 e. The van der Waals surface area contributed by atoms with Gasteiger partial charge in [-0.25, -0.2) is 0 Å². The quantitative estimate of drug-likeness (QED) is 0.759. The predicted octanol–water partition coefficient (Wildman–Crippen LogP) is 3.41. The SMILES string of the molecule is CCNC1CC(OCCCc2ccccc2)C1(C)C. The molecule has 1 aromatic carbocycles. The molecule has 2 unspecified atom stereocenters. The van der Waals surface area contributed by atoms with Gasteiger partial charge >= 0.3 is 0 Å². The fraction of sp³-hybridized carbons (Fsp3) is 0.647. The Hall–Kier alpha value is -0.860. The summed E-state index contributed by atoms with van der Waals surface area (Å²) in [4.78, 5) is 0. The first kappa shape index (κ1) is 14.5. The van der Waals surface area contributed by atoms with Gasteiger partial charge in [0.05, 0.1) is 6.10 Å². The van der Waals surface area contributed by atoms with Gasteiger partial charge in [-0.05, 0) is 31.4 Å². The molecule has 2 rings (SSSR count). The van der Waals surface area contributed by atoms with Gasteiger partial charge in [0.1, 0.15) is 0 Å². The van der Waals surface area contributed by atoms with Crippen LogP contribution in [-0.2, 0) is 11.2 Å². The molecule has 2 atom stereocenters. The van der Waals surface area contributed by atoms with Crippen LogP contribution >= 0.6 is 0 Å². The van der Waals surface area contributed by atoms with Crippen molar-refractivity contribution in [3.05, 3.63) is 35.9 Å². The van der Waals surface area contributed by atoms with Crippen LogP contribution in [0.5, 0.6) is 0 Å². The minimum absolute atomic E-state index is 0.281. The molecule has 0 heterocycles. The van der Waals surface area contributed by atoms with Gasteiger partial charge in [0.15, 0.2) is 0 Å². The van der Waals surface area contributed by atoms with Gasteiger partial charge in [0.2, 0.25) is 0 Å². The van der Waals surface area contributed by atoms with Crippen LogP contribution in [0.4, 0.5) is 0 Å². The van der Waals surface area contributed by atoms with Crippen molar-refractivity contribution < 1.29 is 4.74 Å². The summed E-state index contributed by atoms with van der Waals surface area (Å²) in [7, 11) is 0. The van der Waals surface area contributed by atoms with Crippen LogP contribution in [0, 0.1) is 5.41 Å². The Morgan fingerprint density at radius 3 is 2.63 bits per heavy atom. The third kappa shape index (κ3) is 3.58. The Labute approximate surface area is 117 Å². The van der Waals surface area contributed by atoms with Crippen LogP contribution in [0.1, 0.15) is 39.2 Å². The molecule has 1 aliphatic carbocycles. The average molecular weight is 261 g/mol. The summed E-state index contributed by atoms with van der Waals surface area (Å²) in [5.41, 5.74) is 1.69. The molecule has 0 saturated heterocycles. The van der Waals surface area contributed by atoms with Crippen molar-refractivity contribution in [1.82, 2.24) is 5.32 Å². The van der Waals surface area contributed by atoms with E-state index in [1.54, 1.807) is 0 Å². The topological polar surface area (TPSA) is 21.3 Å². The Kier molecular flexibility index (Phi) is 5.00. The molecular formula is C17H27NO. The van der Waals surface area contributed by atoms with Gasteiger partial charge in [-0.2, -0.15) is 0 Å². The molecule has 0 spiro atoms. The molecule has 1 fully saturated rings. The van der Waals surface area contributed by atoms with Crippen molar-refractivity contribution in [2.45, 2.75) is 52.2 Å². The Balaban J connectivity index is 1.65. The maximum atomic E-state index is 6.05. The molecule has 0 bridgehead atoms. The summed E-state index contributed by atoms with van der Waals surface area (Å²) >= 11 is 0. The molecule has 0 amide bonds. The number of benzene rings is 1. The van der Waals surface area contributed by atoms with E-state index in [1.807, 2.05) is 0 Å². The molecule has 1 N–H and O–H groups in total. The molecule has 106 valence electrons. The summed E-state index contributed by atoms with van der Waals surface area (Å²) in [6, 6.07) is 11.3. The van der Waals surface area contributed by atoms with Gasteiger partial charge in [-0.15, -0.1) is 0 Å². The van der Waals surface area contributed by atoms with E-state index >= 15 is 0 Å². The highest BCUT2D eigenvalue weighted by atomic mass is 16.5. The van der Waals surface area contributed by atoms with E-state index in [1.165, 1.54) is 5.56 Å². The maximum absolute atomic E-state index is 6.05. The third-order valence-corrected chi connectivity index (χ3v) is 4.40. The van der Waals surface area contributed by atoms with Crippen molar-refractivity contribution in [3.8, 4) is 0 Å². The Bertz CT molecular complexity index is 374. The van der Waals surface area contributed by atoms with E-state index in [2.05, 4.69) is 56.4 Å². The van der Waals surface area contributed by atoms with Crippen LogP contribution in [0.25, 0.3) is 0 Å². The van der Waals surface area contributed by atoms with Crippen molar-refractivity contribution in [2.75, 3.05) is 13.2 Å². The molecular weight excluding hydrogens is 234 g/mol. The second-order valence-corrected chi connectivity index (χ2v) is 6.12. The first-order valence-corrected chi connectivity index (χ1v) is 7.53. The molecule has 2 nitrogen and oxygen atoms in total. The van der Waals surface area contributed by atoms with E-state index in [-0.39, 0.29) is 5.41 Å². The Morgan fingerprint density at radius 1 is 1.26 bits per heavy atom. The van der Waals surface area contributed by atoms with Crippen LogP contribution in [0.3, 0.4) is 0 Å². The lowest BCUT2D eigenvalue weighted by Crippen LogP contribution is -2.60. The molecule has 1 aromatic rings. The summed E-state index contributed by atoms with van der Waals surface area (Å²) in [6.45, 7) is 8.72. The summed E-state index contributed by atoms with van der Waals surface area (Å²) in [5.74, 6) is 0. The average Bonchev–Trinajstić information content (AvgIpc) is 2.42. The number of rotatable bonds is 7. The lowest BCUT2D eigenvalue weighted by Gasteiger charge is -2.52. The van der Waals surface area contributed by atoms with Crippen molar-refractivity contribution in [1.29, 1.82) is 0 Å². The van der Waals surface area contributed by atoms with Gasteiger partial charge in [0, 0.05) is 18.1 Å². The van der Waals surface area contributed by atoms with Crippen LogP contribution in [0.15, 0.2) is 30.3 Å². The number of hydrogen-bond donors (Lipinski definition) is 1. The minimum atomic E-state index is 0.281. The second-order valence-electron chi connectivity index (χ2n) is 6.12. The zero-order chi connectivity index (χ0) is 13.7. The van der Waals surface area contributed by atoms with Crippen molar-refractivity contribution in [2.24, 2.45) is 5.41 Å². The van der Waals surface area contributed by atoms with Crippen LogP contribution in [-0.4, -0.2) is 25.3 Å². The molecule has 0 radical (unpaired) electrons. The van der Waals surface area contributed by atoms with E-state index < -0.39 is 0 Å². The molecule has 0 aliphatic heterocycles. The molecule has 2 heteroatoms. The fourth-order valence-electron chi connectivity index (χ4n) is 2.91. The van der Waals surface area contributed by atoms with Gasteiger partial charge in [0.25, 0.3) is 0 Å². The summed E-state index contributed by atoms with van der Waals surface area (Å²) in [5, 5.41) is 3.54. The number of nitrogens with one attached hydrogen (secondary N) is 1. The maximum Gasteiger partial charge on any atom is 0.0655 e. The standard InChI is InChI=1S/C17H27NO/c1-4-18-15-13-16(17(15,2)3)19-12-8-11-14-9-6-5-7-10-14/h5-7,9-10,15-16,18H,4,8,11-13H2,1-3H3. The van der Waals surface area contributed by atoms with Gasteiger partial charge < -0.3 is 10.1 Å². The van der Waals surface area contributed by atoms with Crippen LogP contribution < -0.4 is 5.32 Å². The van der Waals surface area contributed by atoms with Crippen molar-refractivity contribution in [3.63, 3.8) is 0 Å². The molecule has 19 heavy (non-hydrogen) atoms. The first-order valence-electron chi connectivity index (χ1n) is 7.53. The number of aryl methyl sites for hydroxylation is 1. The van der Waals surface area contributed by atoms with Gasteiger partial charge in [-0.1, -0.05) is 51.1 Å². The van der Waals surface area contributed by atoms with Crippen molar-refractivity contribution >= 4 is 0 Å². The third-order valence-electron chi connectivity index (χ3n) is 4.40. The monoisotopic (exact) mass is 261 g/mol. The largest absolute Gasteiger partial charge is 0.378 e. The minimum Gasteiger partial charge on any atom is -0.378 e. The lowest BCUT2D eigenvalue weighted by molar-refractivity contribution is -0.117. The summed E-state index contributed by atoms with van der Waals surface area (Å²) in [6.07, 6.45) is 3.81. The van der Waals surface area contributed by atoms with Crippen LogP contribution in [0.2, 0.25) is 0 Å². The summed E-state index contributed by atoms with van der Waals surface area (Å²) < 4.78 is 6.05. The van der Waals surface area contributed by atoms with E-state index in [0.29, 0.717) is 12.1 Å². The normalized spacial score (nSPS) is 25.0. The highest BCUT2D eigenvalue weighted by molar-refractivity contribution is 5.14. The molecule has 1 saturated carbocycles. The zero-order valence-corrected chi connectivity index (χ0v) is 12.5. The highest BCUT2D eigenvalue weighted by Gasteiger charge is 2.48. The Morgan fingerprint density at radius 2 is 2.00 bits per heavy atom. The highest BCUT2D eigenvalue weighted by Crippen LogP contribution is 2.42. The van der Waals surface area contributed by atoms with E-state index in [9.17, 15) is 0 Å². The van der Waals surface area contributed by atoms with Gasteiger partial charge in [-0.3, -0.25) is 0 Å². The second kappa shape index (κ2) is 6.53. The predicted molar refractivity (Wildman–Crippen MR) is 80.4 cm³/mol. The molecule has 0 aromatic heterocycles.